The molecule has 0 atom stereocenters. The minimum Gasteiger partial charge on any atom is -0.335 e. The predicted molar refractivity (Wildman–Crippen MR) is 59.5 cm³/mol. The van der Waals surface area contributed by atoms with E-state index in [1.807, 2.05) is 6.92 Å². The summed E-state index contributed by atoms with van der Waals surface area (Å²) in [5.41, 5.74) is 2.53. The number of hydrogen-bond donors (Lipinski definition) is 2. The summed E-state index contributed by atoms with van der Waals surface area (Å²) in [6, 6.07) is 0. The topological polar surface area (TPSA) is 87.7 Å². The van der Waals surface area contributed by atoms with E-state index >= 15 is 0 Å². The van der Waals surface area contributed by atoms with Gasteiger partial charge in [-0.25, -0.2) is 23.1 Å². The van der Waals surface area contributed by atoms with Gasteiger partial charge in [0.25, 0.3) is 10.0 Å². The summed E-state index contributed by atoms with van der Waals surface area (Å²) in [6.45, 7) is 2.09. The first kappa shape index (κ1) is 11.2. The van der Waals surface area contributed by atoms with Crippen molar-refractivity contribution in [2.24, 2.45) is 0 Å². The molecule has 16 heavy (non-hydrogen) atoms. The van der Waals surface area contributed by atoms with Gasteiger partial charge in [-0.2, -0.15) is 0 Å². The standard InChI is InChI=1S/C8H10N4O2S2/c1-6-7(15-5-11-6)2-12-16(13,14)8-3-9-4-10-8/h3-5,12H,2H2,1H3,(H,9,10). The van der Waals surface area contributed by atoms with Gasteiger partial charge in [0.1, 0.15) is 0 Å². The van der Waals surface area contributed by atoms with Gasteiger partial charge in [-0.1, -0.05) is 0 Å². The van der Waals surface area contributed by atoms with Gasteiger partial charge < -0.3 is 4.98 Å². The molecule has 0 aliphatic heterocycles. The average Bonchev–Trinajstić information content (AvgIpc) is 2.85. The maximum absolute atomic E-state index is 11.7. The molecule has 2 N–H and O–H groups in total. The van der Waals surface area contributed by atoms with Crippen LogP contribution in [-0.2, 0) is 16.6 Å². The maximum Gasteiger partial charge on any atom is 0.257 e. The Morgan fingerprint density at radius 2 is 2.38 bits per heavy atom. The molecular weight excluding hydrogens is 248 g/mol. The highest BCUT2D eigenvalue weighted by Crippen LogP contribution is 2.12. The fourth-order valence-corrected chi connectivity index (χ4v) is 2.83. The van der Waals surface area contributed by atoms with Crippen molar-refractivity contribution < 1.29 is 8.42 Å². The van der Waals surface area contributed by atoms with Crippen molar-refractivity contribution in [3.8, 4) is 0 Å². The molecule has 0 aliphatic carbocycles. The molecule has 8 heteroatoms. The van der Waals surface area contributed by atoms with Gasteiger partial charge in [0.15, 0.2) is 5.03 Å². The normalized spacial score (nSPS) is 11.8. The molecule has 2 heterocycles. The van der Waals surface area contributed by atoms with Gasteiger partial charge in [-0.3, -0.25) is 0 Å². The number of nitrogens with one attached hydrogen (secondary N) is 2. The highest BCUT2D eigenvalue weighted by molar-refractivity contribution is 7.89. The zero-order valence-corrected chi connectivity index (χ0v) is 10.1. The lowest BCUT2D eigenvalue weighted by molar-refractivity contribution is 0.578. The average molecular weight is 258 g/mol. The van der Waals surface area contributed by atoms with Crippen LogP contribution in [0, 0.1) is 6.92 Å². The minimum atomic E-state index is -3.50. The van der Waals surface area contributed by atoms with Crippen LogP contribution in [0.5, 0.6) is 0 Å². The third-order valence-corrected chi connectivity index (χ3v) is 4.29. The smallest absolute Gasteiger partial charge is 0.257 e. The maximum atomic E-state index is 11.7. The molecule has 0 aliphatic rings. The molecule has 0 saturated heterocycles. The van der Waals surface area contributed by atoms with Crippen LogP contribution in [0.15, 0.2) is 23.1 Å². The second-order valence-electron chi connectivity index (χ2n) is 3.10. The van der Waals surface area contributed by atoms with Crippen LogP contribution < -0.4 is 4.72 Å². The van der Waals surface area contributed by atoms with Gasteiger partial charge in [0.2, 0.25) is 0 Å². The van der Waals surface area contributed by atoms with E-state index < -0.39 is 10.0 Å². The van der Waals surface area contributed by atoms with E-state index in [2.05, 4.69) is 19.7 Å². The molecule has 0 saturated carbocycles. The molecule has 0 amide bonds. The lowest BCUT2D eigenvalue weighted by atomic mass is 10.4. The quantitative estimate of drug-likeness (QED) is 0.843. The van der Waals surface area contributed by atoms with E-state index in [4.69, 9.17) is 0 Å². The Labute approximate surface area is 96.8 Å². The number of aromatic amines is 1. The minimum absolute atomic E-state index is 0.0645. The number of aromatic nitrogens is 3. The van der Waals surface area contributed by atoms with E-state index in [9.17, 15) is 8.42 Å². The number of nitrogens with zero attached hydrogens (tertiary/aromatic N) is 2. The first-order valence-electron chi connectivity index (χ1n) is 4.46. The summed E-state index contributed by atoms with van der Waals surface area (Å²) >= 11 is 1.42. The first-order chi connectivity index (χ1) is 7.59. The van der Waals surface area contributed by atoms with E-state index in [0.717, 1.165) is 10.6 Å². The van der Waals surface area contributed by atoms with Gasteiger partial charge in [0.05, 0.1) is 23.7 Å². The number of aryl methyl sites for hydroxylation is 1. The molecule has 2 rings (SSSR count). The van der Waals surface area contributed by atoms with Crippen molar-refractivity contribution in [2.75, 3.05) is 0 Å². The molecule has 2 aromatic rings. The van der Waals surface area contributed by atoms with Gasteiger partial charge >= 0.3 is 0 Å². The molecule has 0 bridgehead atoms. The Hall–Kier alpha value is -1.25. The molecule has 0 fully saturated rings. The monoisotopic (exact) mass is 258 g/mol. The van der Waals surface area contributed by atoms with Crippen LogP contribution in [0.3, 0.4) is 0 Å². The van der Waals surface area contributed by atoms with E-state index in [-0.39, 0.29) is 11.6 Å². The van der Waals surface area contributed by atoms with Gasteiger partial charge in [-0.15, -0.1) is 11.3 Å². The molecular formula is C8H10N4O2S2. The van der Waals surface area contributed by atoms with E-state index in [0.29, 0.717) is 0 Å². The van der Waals surface area contributed by atoms with Crippen molar-refractivity contribution in [3.63, 3.8) is 0 Å². The van der Waals surface area contributed by atoms with Crippen LogP contribution in [0.25, 0.3) is 0 Å². The largest absolute Gasteiger partial charge is 0.335 e. The van der Waals surface area contributed by atoms with Crippen LogP contribution in [-0.4, -0.2) is 23.4 Å². The van der Waals surface area contributed by atoms with Gasteiger partial charge in [-0.05, 0) is 6.92 Å². The highest BCUT2D eigenvalue weighted by atomic mass is 32.2. The summed E-state index contributed by atoms with van der Waals surface area (Å²) < 4.78 is 25.9. The zero-order valence-electron chi connectivity index (χ0n) is 8.47. The van der Waals surface area contributed by atoms with Gasteiger partial charge in [0, 0.05) is 11.4 Å². The van der Waals surface area contributed by atoms with Crippen molar-refractivity contribution >= 4 is 21.4 Å². The van der Waals surface area contributed by atoms with Crippen LogP contribution in [0.4, 0.5) is 0 Å². The lowest BCUT2D eigenvalue weighted by Crippen LogP contribution is -2.23. The molecule has 0 unspecified atom stereocenters. The molecule has 0 spiro atoms. The second kappa shape index (κ2) is 4.32. The Bertz CT molecular complexity index is 559. The highest BCUT2D eigenvalue weighted by Gasteiger charge is 2.15. The third kappa shape index (κ3) is 2.29. The molecule has 2 aromatic heterocycles. The Morgan fingerprint density at radius 3 is 2.94 bits per heavy atom. The number of imidazole rings is 1. The predicted octanol–water partition coefficient (Wildman–Crippen LogP) is 0.653. The summed E-state index contributed by atoms with van der Waals surface area (Å²) in [4.78, 5) is 11.2. The fourth-order valence-electron chi connectivity index (χ4n) is 1.12. The summed E-state index contributed by atoms with van der Waals surface area (Å²) in [7, 11) is -3.50. The first-order valence-corrected chi connectivity index (χ1v) is 6.83. The van der Waals surface area contributed by atoms with E-state index in [1.54, 1.807) is 5.51 Å². The van der Waals surface area contributed by atoms with Crippen molar-refractivity contribution in [1.82, 2.24) is 19.7 Å². The summed E-state index contributed by atoms with van der Waals surface area (Å²) in [5.74, 6) is 0. The number of sulfonamides is 1. The molecule has 86 valence electrons. The van der Waals surface area contributed by atoms with Crippen LogP contribution in [0.1, 0.15) is 10.6 Å². The van der Waals surface area contributed by atoms with Crippen molar-refractivity contribution in [2.45, 2.75) is 18.5 Å². The summed E-state index contributed by atoms with van der Waals surface area (Å²) in [5, 5.41) is 0.0645. The number of hydrogen-bond acceptors (Lipinski definition) is 5. The Morgan fingerprint density at radius 1 is 1.56 bits per heavy atom. The van der Waals surface area contributed by atoms with E-state index in [1.165, 1.54) is 23.9 Å². The number of H-pyrrole nitrogens is 1. The fraction of sp³-hybridized carbons (Fsp3) is 0.250. The van der Waals surface area contributed by atoms with Crippen molar-refractivity contribution in [3.05, 3.63) is 28.6 Å². The SMILES string of the molecule is Cc1ncsc1CNS(=O)(=O)c1cnc[nH]1. The number of rotatable bonds is 4. The molecule has 0 aromatic carbocycles. The lowest BCUT2D eigenvalue weighted by Gasteiger charge is -2.02. The second-order valence-corrected chi connectivity index (χ2v) is 5.78. The summed E-state index contributed by atoms with van der Waals surface area (Å²) in [6.07, 6.45) is 2.59. The Kier molecular flexibility index (Phi) is 3.03. The van der Waals surface area contributed by atoms with Crippen molar-refractivity contribution in [1.29, 1.82) is 0 Å². The molecule has 6 nitrogen and oxygen atoms in total. The molecule has 0 radical (unpaired) electrons. The Balaban J connectivity index is 2.09. The van der Waals surface area contributed by atoms with Crippen LogP contribution in [0.2, 0.25) is 0 Å². The number of thiazole rings is 1. The zero-order chi connectivity index (χ0) is 11.6. The van der Waals surface area contributed by atoms with Crippen LogP contribution >= 0.6 is 11.3 Å². The third-order valence-electron chi connectivity index (χ3n) is 2.03.